The summed E-state index contributed by atoms with van der Waals surface area (Å²) >= 11 is 0. The predicted molar refractivity (Wildman–Crippen MR) is 92.3 cm³/mol. The van der Waals surface area contributed by atoms with Gasteiger partial charge in [0.2, 0.25) is 0 Å². The molecule has 1 fully saturated rings. The van der Waals surface area contributed by atoms with Crippen molar-refractivity contribution in [1.29, 1.82) is 0 Å². The number of benzene rings is 2. The molecular weight excluding hydrogens is 268 g/mol. The van der Waals surface area contributed by atoms with Gasteiger partial charge in [0.15, 0.2) is 5.78 Å². The van der Waals surface area contributed by atoms with Crippen molar-refractivity contribution in [3.05, 3.63) is 82.9 Å². The summed E-state index contributed by atoms with van der Waals surface area (Å²) in [5.41, 5.74) is 4.08. The lowest BCUT2D eigenvalue weighted by Crippen LogP contribution is -2.03. The number of rotatable bonds is 2. The largest absolute Gasteiger partial charge is 0.289 e. The fourth-order valence-corrected chi connectivity index (χ4v) is 2.84. The monoisotopic (exact) mass is 288 g/mol. The lowest BCUT2D eigenvalue weighted by Gasteiger charge is -2.05. The maximum Gasteiger partial charge on any atom is 0.185 e. The van der Waals surface area contributed by atoms with Crippen LogP contribution in [0, 0.1) is 0 Å². The molecule has 0 radical (unpaired) electrons. The molecule has 22 heavy (non-hydrogen) atoms. The van der Waals surface area contributed by atoms with E-state index in [1.807, 2.05) is 72.8 Å². The van der Waals surface area contributed by atoms with Gasteiger partial charge in [0, 0.05) is 11.1 Å². The second-order valence-electron chi connectivity index (χ2n) is 5.70. The normalized spacial score (nSPS) is 19.4. The smallest absolute Gasteiger partial charge is 0.185 e. The van der Waals surface area contributed by atoms with Crippen molar-refractivity contribution in [1.82, 2.24) is 0 Å². The summed E-state index contributed by atoms with van der Waals surface area (Å²) in [7, 11) is 0. The molecule has 0 aromatic heterocycles. The topological polar surface area (TPSA) is 17.1 Å². The maximum absolute atomic E-state index is 12.8. The Morgan fingerprint density at radius 2 is 1.05 bits per heavy atom. The van der Waals surface area contributed by atoms with Crippen LogP contribution in [0.4, 0.5) is 0 Å². The summed E-state index contributed by atoms with van der Waals surface area (Å²) in [6.45, 7) is 0. The molecule has 2 aromatic rings. The Hall–Kier alpha value is -2.41. The molecule has 110 valence electrons. The summed E-state index contributed by atoms with van der Waals surface area (Å²) in [6, 6.07) is 20.2. The molecule has 0 saturated heterocycles. The van der Waals surface area contributed by atoms with Crippen LogP contribution in [0.2, 0.25) is 0 Å². The second-order valence-corrected chi connectivity index (χ2v) is 5.70. The van der Waals surface area contributed by atoms with Gasteiger partial charge >= 0.3 is 0 Å². The lowest BCUT2D eigenvalue weighted by molar-refractivity contribution is -0.112. The van der Waals surface area contributed by atoms with Gasteiger partial charge in [-0.15, -0.1) is 0 Å². The summed E-state index contributed by atoms with van der Waals surface area (Å²) in [5.74, 6) is 0.213. The van der Waals surface area contributed by atoms with Crippen LogP contribution in [-0.4, -0.2) is 5.78 Å². The third-order valence-electron chi connectivity index (χ3n) is 4.01. The number of carbonyl (C=O) groups is 1. The highest BCUT2D eigenvalue weighted by atomic mass is 16.1. The third kappa shape index (κ3) is 3.62. The molecule has 0 aliphatic heterocycles. The van der Waals surface area contributed by atoms with Crippen LogP contribution in [-0.2, 0) is 4.79 Å². The number of ketones is 1. The minimum atomic E-state index is 0.213. The molecule has 0 unspecified atom stereocenters. The Morgan fingerprint density at radius 1 is 0.636 bits per heavy atom. The third-order valence-corrected chi connectivity index (χ3v) is 4.01. The Kier molecular flexibility index (Phi) is 4.65. The van der Waals surface area contributed by atoms with Crippen LogP contribution < -0.4 is 0 Å². The Labute approximate surface area is 132 Å². The van der Waals surface area contributed by atoms with Crippen molar-refractivity contribution in [2.75, 3.05) is 0 Å². The molecule has 3 rings (SSSR count). The minimum Gasteiger partial charge on any atom is -0.289 e. The van der Waals surface area contributed by atoms with Gasteiger partial charge in [-0.05, 0) is 49.0 Å². The van der Waals surface area contributed by atoms with Gasteiger partial charge in [0.05, 0.1) is 0 Å². The van der Waals surface area contributed by atoms with E-state index in [-0.39, 0.29) is 5.78 Å². The van der Waals surface area contributed by atoms with Crippen molar-refractivity contribution in [3.63, 3.8) is 0 Å². The first-order chi connectivity index (χ1) is 10.8. The fraction of sp³-hybridized carbons (Fsp3) is 0.190. The summed E-state index contributed by atoms with van der Waals surface area (Å²) in [4.78, 5) is 12.8. The van der Waals surface area contributed by atoms with Crippen LogP contribution in [0.15, 0.2) is 71.8 Å². The van der Waals surface area contributed by atoms with E-state index in [0.717, 1.165) is 48.0 Å². The fourth-order valence-electron chi connectivity index (χ4n) is 2.84. The van der Waals surface area contributed by atoms with Gasteiger partial charge in [-0.1, -0.05) is 60.7 Å². The number of allylic oxidation sites excluding steroid dienone is 2. The van der Waals surface area contributed by atoms with Crippen molar-refractivity contribution in [3.8, 4) is 0 Å². The highest BCUT2D eigenvalue weighted by Gasteiger charge is 2.18. The van der Waals surface area contributed by atoms with E-state index in [2.05, 4.69) is 0 Å². The maximum atomic E-state index is 12.8. The van der Waals surface area contributed by atoms with Crippen LogP contribution in [0.5, 0.6) is 0 Å². The van der Waals surface area contributed by atoms with E-state index in [9.17, 15) is 4.79 Å². The van der Waals surface area contributed by atoms with Crippen LogP contribution >= 0.6 is 0 Å². The number of carbonyl (C=O) groups excluding carboxylic acids is 1. The van der Waals surface area contributed by atoms with Crippen LogP contribution in [0.1, 0.15) is 36.8 Å². The van der Waals surface area contributed by atoms with E-state index in [1.54, 1.807) is 0 Å². The summed E-state index contributed by atoms with van der Waals surface area (Å²) in [5, 5.41) is 0. The van der Waals surface area contributed by atoms with E-state index in [4.69, 9.17) is 0 Å². The van der Waals surface area contributed by atoms with Crippen LogP contribution in [0.25, 0.3) is 12.2 Å². The zero-order valence-electron chi connectivity index (χ0n) is 12.7. The SMILES string of the molecule is O=C1/C(=C\c2ccccc2)CCCC/C1=C\c1ccccc1. The van der Waals surface area contributed by atoms with Gasteiger partial charge in [0.1, 0.15) is 0 Å². The highest BCUT2D eigenvalue weighted by molar-refractivity contribution is 6.13. The van der Waals surface area contributed by atoms with E-state index >= 15 is 0 Å². The standard InChI is InChI=1S/C21H20O/c22-21-19(15-17-9-3-1-4-10-17)13-7-8-14-20(21)16-18-11-5-2-6-12-18/h1-6,9-12,15-16H,7-8,13-14H2/b19-15-,20-16+. The Morgan fingerprint density at radius 3 is 1.45 bits per heavy atom. The van der Waals surface area contributed by atoms with Crippen molar-refractivity contribution in [2.24, 2.45) is 0 Å². The zero-order chi connectivity index (χ0) is 15.2. The molecule has 0 heterocycles. The first-order valence-electron chi connectivity index (χ1n) is 7.89. The summed E-state index contributed by atoms with van der Waals surface area (Å²) < 4.78 is 0. The number of hydrogen-bond acceptors (Lipinski definition) is 1. The Bertz CT molecular complexity index is 632. The highest BCUT2D eigenvalue weighted by Crippen LogP contribution is 2.26. The average Bonchev–Trinajstić information content (AvgIpc) is 2.73. The quantitative estimate of drug-likeness (QED) is 0.541. The molecule has 1 heteroatoms. The van der Waals surface area contributed by atoms with Crippen LogP contribution in [0.3, 0.4) is 0 Å². The molecule has 0 N–H and O–H groups in total. The van der Waals surface area contributed by atoms with E-state index in [0.29, 0.717) is 0 Å². The molecule has 0 bridgehead atoms. The van der Waals surface area contributed by atoms with Crippen molar-refractivity contribution >= 4 is 17.9 Å². The van der Waals surface area contributed by atoms with E-state index < -0.39 is 0 Å². The van der Waals surface area contributed by atoms with Gasteiger partial charge in [0.25, 0.3) is 0 Å². The molecule has 1 aliphatic rings. The lowest BCUT2D eigenvalue weighted by atomic mass is 9.98. The number of Topliss-reactive ketones (excluding diaryl/α,β-unsaturated/α-hetero) is 1. The van der Waals surface area contributed by atoms with Gasteiger partial charge < -0.3 is 0 Å². The first kappa shape index (κ1) is 14.5. The number of hydrogen-bond donors (Lipinski definition) is 0. The van der Waals surface area contributed by atoms with Crippen molar-refractivity contribution < 1.29 is 4.79 Å². The molecule has 1 aliphatic carbocycles. The van der Waals surface area contributed by atoms with Crippen molar-refractivity contribution in [2.45, 2.75) is 25.7 Å². The summed E-state index contributed by atoms with van der Waals surface area (Å²) in [6.07, 6.45) is 8.01. The predicted octanol–water partition coefficient (Wildman–Crippen LogP) is 5.30. The second kappa shape index (κ2) is 7.04. The molecule has 1 saturated carbocycles. The minimum absolute atomic E-state index is 0.213. The average molecular weight is 288 g/mol. The molecular formula is C21H20O. The first-order valence-corrected chi connectivity index (χ1v) is 7.89. The molecule has 0 atom stereocenters. The molecule has 0 amide bonds. The molecule has 2 aromatic carbocycles. The van der Waals surface area contributed by atoms with Gasteiger partial charge in [-0.3, -0.25) is 4.79 Å². The molecule has 1 nitrogen and oxygen atoms in total. The van der Waals surface area contributed by atoms with E-state index in [1.165, 1.54) is 0 Å². The van der Waals surface area contributed by atoms with Gasteiger partial charge in [-0.25, -0.2) is 0 Å². The Balaban J connectivity index is 1.91. The molecule has 0 spiro atoms. The van der Waals surface area contributed by atoms with Gasteiger partial charge in [-0.2, -0.15) is 0 Å². The zero-order valence-corrected chi connectivity index (χ0v) is 12.7.